The lowest BCUT2D eigenvalue weighted by Crippen LogP contribution is -2.00. The molecule has 0 saturated heterocycles. The van der Waals surface area contributed by atoms with Gasteiger partial charge in [0, 0.05) is 5.56 Å². The van der Waals surface area contributed by atoms with Gasteiger partial charge < -0.3 is 10.1 Å². The van der Waals surface area contributed by atoms with Gasteiger partial charge in [0.2, 0.25) is 5.69 Å². The summed E-state index contributed by atoms with van der Waals surface area (Å²) < 4.78 is 24.6. The molecular formula is C7H5ClF2N2O2. The van der Waals surface area contributed by atoms with Gasteiger partial charge in [0.1, 0.15) is 0 Å². The molecule has 1 aromatic rings. The van der Waals surface area contributed by atoms with Gasteiger partial charge in [-0.3, -0.25) is 0 Å². The molecular weight excluding hydrogens is 218 g/mol. The summed E-state index contributed by atoms with van der Waals surface area (Å²) in [6.45, 7) is 1.33. The van der Waals surface area contributed by atoms with Gasteiger partial charge in [-0.1, -0.05) is 11.6 Å². The average molecular weight is 223 g/mol. The topological polar surface area (TPSA) is 56.0 Å². The molecule has 0 aliphatic carbocycles. The Labute approximate surface area is 82.7 Å². The molecule has 1 heterocycles. The summed E-state index contributed by atoms with van der Waals surface area (Å²) in [6.07, 6.45) is -2.87. The van der Waals surface area contributed by atoms with Crippen LogP contribution < -0.4 is 0 Å². The van der Waals surface area contributed by atoms with Crippen LogP contribution in [0.2, 0.25) is 5.02 Å². The van der Waals surface area contributed by atoms with Crippen LogP contribution in [-0.2, 0) is 0 Å². The predicted molar refractivity (Wildman–Crippen MR) is 45.6 cm³/mol. The molecule has 14 heavy (non-hydrogen) atoms. The fraction of sp³-hybridized carbons (Fsp3) is 0.286. The van der Waals surface area contributed by atoms with Crippen LogP contribution in [0.4, 0.5) is 14.6 Å². The molecule has 0 amide bonds. The molecule has 1 aromatic heterocycles. The minimum atomic E-state index is -2.87. The van der Waals surface area contributed by atoms with E-state index in [1.54, 1.807) is 0 Å². The van der Waals surface area contributed by atoms with Crippen molar-refractivity contribution in [3.8, 4) is 0 Å². The molecule has 0 radical (unpaired) electrons. The van der Waals surface area contributed by atoms with Gasteiger partial charge in [0.25, 0.3) is 0 Å². The number of nitro groups is 1. The number of hydrogen-bond acceptors (Lipinski definition) is 3. The van der Waals surface area contributed by atoms with E-state index in [9.17, 15) is 18.9 Å². The highest BCUT2D eigenvalue weighted by Crippen LogP contribution is 2.28. The molecule has 0 fully saturated rings. The molecule has 0 atom stereocenters. The van der Waals surface area contributed by atoms with Crippen LogP contribution >= 0.6 is 11.6 Å². The van der Waals surface area contributed by atoms with Crippen molar-refractivity contribution < 1.29 is 13.7 Å². The molecule has 0 N–H and O–H groups in total. The first-order valence-electron chi connectivity index (χ1n) is 3.53. The Hall–Kier alpha value is -1.30. The zero-order valence-electron chi connectivity index (χ0n) is 7.00. The number of hydrogen-bond donors (Lipinski definition) is 0. The average Bonchev–Trinajstić information content (AvgIpc) is 2.08. The van der Waals surface area contributed by atoms with E-state index >= 15 is 0 Å². The highest BCUT2D eigenvalue weighted by Gasteiger charge is 2.23. The molecule has 0 aromatic carbocycles. The van der Waals surface area contributed by atoms with Gasteiger partial charge in [0.05, 0.1) is 11.1 Å². The first kappa shape index (κ1) is 10.8. The number of rotatable bonds is 2. The maximum Gasteiger partial charge on any atom is 0.365 e. The largest absolute Gasteiger partial charge is 0.365 e. The van der Waals surface area contributed by atoms with Crippen LogP contribution in [0, 0.1) is 17.0 Å². The van der Waals surface area contributed by atoms with Crippen LogP contribution in [0.15, 0.2) is 6.07 Å². The molecule has 0 spiro atoms. The van der Waals surface area contributed by atoms with E-state index in [1.807, 2.05) is 0 Å². The Morgan fingerprint density at radius 2 is 2.21 bits per heavy atom. The fourth-order valence-corrected chi connectivity index (χ4v) is 1.08. The van der Waals surface area contributed by atoms with E-state index < -0.39 is 22.9 Å². The van der Waals surface area contributed by atoms with E-state index in [0.29, 0.717) is 0 Å². The number of nitrogens with zero attached hydrogens (tertiary/aromatic N) is 2. The van der Waals surface area contributed by atoms with Crippen LogP contribution in [0.3, 0.4) is 0 Å². The lowest BCUT2D eigenvalue weighted by molar-refractivity contribution is -0.389. The first-order chi connectivity index (χ1) is 6.43. The Morgan fingerprint density at radius 1 is 1.64 bits per heavy atom. The Balaban J connectivity index is 3.35. The maximum atomic E-state index is 12.3. The summed E-state index contributed by atoms with van der Waals surface area (Å²) in [5.74, 6) is -0.670. The van der Waals surface area contributed by atoms with E-state index in [0.717, 1.165) is 6.07 Å². The smallest absolute Gasteiger partial charge is 0.358 e. The summed E-state index contributed by atoms with van der Waals surface area (Å²) in [5.41, 5.74) is -0.587. The second-order valence-corrected chi connectivity index (χ2v) is 2.94. The highest BCUT2D eigenvalue weighted by molar-refractivity contribution is 6.31. The predicted octanol–water partition coefficient (Wildman–Crippen LogP) is 2.89. The van der Waals surface area contributed by atoms with Crippen molar-refractivity contribution in [1.29, 1.82) is 0 Å². The maximum absolute atomic E-state index is 12.3. The number of aromatic nitrogens is 1. The monoisotopic (exact) mass is 222 g/mol. The standard InChI is InChI=1S/C7H5ClF2N2O2/c1-3-4(8)2-5(12(13)14)11-6(3)7(9)10/h2,7H,1H3. The summed E-state index contributed by atoms with van der Waals surface area (Å²) >= 11 is 5.53. The van der Waals surface area contributed by atoms with Crippen molar-refractivity contribution in [3.63, 3.8) is 0 Å². The molecule has 4 nitrogen and oxygen atoms in total. The van der Waals surface area contributed by atoms with Crippen molar-refractivity contribution >= 4 is 17.4 Å². The van der Waals surface area contributed by atoms with E-state index in [4.69, 9.17) is 11.6 Å². The molecule has 0 bridgehead atoms. The third-order valence-electron chi connectivity index (χ3n) is 1.63. The number of halogens is 3. The lowest BCUT2D eigenvalue weighted by Gasteiger charge is -2.01. The van der Waals surface area contributed by atoms with Gasteiger partial charge >= 0.3 is 12.2 Å². The molecule has 0 aliphatic heterocycles. The molecule has 0 unspecified atom stereocenters. The lowest BCUT2D eigenvalue weighted by atomic mass is 10.2. The van der Waals surface area contributed by atoms with Crippen LogP contribution in [0.1, 0.15) is 17.7 Å². The SMILES string of the molecule is Cc1c(Cl)cc([N+](=O)[O-])nc1C(F)F. The highest BCUT2D eigenvalue weighted by atomic mass is 35.5. The van der Waals surface area contributed by atoms with Gasteiger partial charge in [-0.2, -0.15) is 0 Å². The van der Waals surface area contributed by atoms with Gasteiger partial charge in [0.15, 0.2) is 0 Å². The second-order valence-electron chi connectivity index (χ2n) is 2.53. The fourth-order valence-electron chi connectivity index (χ4n) is 0.889. The van der Waals surface area contributed by atoms with Crippen molar-refractivity contribution in [2.24, 2.45) is 0 Å². The van der Waals surface area contributed by atoms with Crippen molar-refractivity contribution in [1.82, 2.24) is 4.98 Å². The zero-order chi connectivity index (χ0) is 10.9. The summed E-state index contributed by atoms with van der Waals surface area (Å²) in [4.78, 5) is 12.6. The van der Waals surface area contributed by atoms with Crippen molar-refractivity contribution in [3.05, 3.63) is 32.5 Å². The van der Waals surface area contributed by atoms with Crippen LogP contribution in [-0.4, -0.2) is 9.91 Å². The summed E-state index contributed by atoms with van der Waals surface area (Å²) in [5, 5.41) is 10.2. The van der Waals surface area contributed by atoms with Gasteiger partial charge in [-0.25, -0.2) is 8.78 Å². The van der Waals surface area contributed by atoms with Crippen molar-refractivity contribution in [2.45, 2.75) is 13.3 Å². The minimum absolute atomic E-state index is 0.0623. The van der Waals surface area contributed by atoms with E-state index in [-0.39, 0.29) is 10.6 Å². The molecule has 1 rings (SSSR count). The quantitative estimate of drug-likeness (QED) is 0.571. The molecule has 0 saturated carbocycles. The van der Waals surface area contributed by atoms with Gasteiger partial charge in [-0.05, 0) is 16.8 Å². The van der Waals surface area contributed by atoms with Crippen molar-refractivity contribution in [2.75, 3.05) is 0 Å². The number of alkyl halides is 2. The number of pyridine rings is 1. The van der Waals surface area contributed by atoms with Crippen LogP contribution in [0.25, 0.3) is 0 Å². The summed E-state index contributed by atoms with van der Waals surface area (Å²) in [7, 11) is 0. The van der Waals surface area contributed by atoms with E-state index in [2.05, 4.69) is 4.98 Å². The minimum Gasteiger partial charge on any atom is -0.358 e. The molecule has 76 valence electrons. The molecule has 0 aliphatic rings. The second kappa shape index (κ2) is 3.83. The summed E-state index contributed by atoms with van der Waals surface area (Å²) in [6, 6.07) is 0.947. The van der Waals surface area contributed by atoms with E-state index in [1.165, 1.54) is 6.92 Å². The Kier molecular flexibility index (Phi) is 2.95. The van der Waals surface area contributed by atoms with Crippen LogP contribution in [0.5, 0.6) is 0 Å². The normalized spacial score (nSPS) is 10.6. The third kappa shape index (κ3) is 1.95. The molecule has 7 heteroatoms. The Bertz CT molecular complexity index is 384. The first-order valence-corrected chi connectivity index (χ1v) is 3.91. The Morgan fingerprint density at radius 3 is 2.64 bits per heavy atom. The third-order valence-corrected chi connectivity index (χ3v) is 2.02. The zero-order valence-corrected chi connectivity index (χ0v) is 7.76. The van der Waals surface area contributed by atoms with Gasteiger partial charge in [-0.15, -0.1) is 0 Å².